The Kier molecular flexibility index (Phi) is 1.67. The van der Waals surface area contributed by atoms with E-state index in [0.29, 0.717) is 16.7 Å². The fourth-order valence-electron chi connectivity index (χ4n) is 1.07. The van der Waals surface area contributed by atoms with E-state index in [-0.39, 0.29) is 5.56 Å². The summed E-state index contributed by atoms with van der Waals surface area (Å²) in [6.07, 6.45) is 1.61. The molecule has 4 nitrogen and oxygen atoms in total. The highest BCUT2D eigenvalue weighted by Crippen LogP contribution is 2.18. The SMILES string of the molecule is Cc1noc2c(I)c[nH]c(=O)c12. The Morgan fingerprint density at radius 3 is 3.08 bits per heavy atom. The lowest BCUT2D eigenvalue weighted by molar-refractivity contribution is 0.449. The topological polar surface area (TPSA) is 58.9 Å². The summed E-state index contributed by atoms with van der Waals surface area (Å²) in [7, 11) is 0. The highest BCUT2D eigenvalue weighted by atomic mass is 127. The van der Waals surface area contributed by atoms with Crippen molar-refractivity contribution in [3.63, 3.8) is 0 Å². The number of pyridine rings is 1. The van der Waals surface area contributed by atoms with Crippen LogP contribution in [0.2, 0.25) is 0 Å². The molecule has 0 spiro atoms. The van der Waals surface area contributed by atoms with E-state index in [1.54, 1.807) is 13.1 Å². The van der Waals surface area contributed by atoms with Gasteiger partial charge in [0.25, 0.3) is 5.56 Å². The smallest absolute Gasteiger partial charge is 0.261 e. The number of hydrogen-bond acceptors (Lipinski definition) is 3. The maximum absolute atomic E-state index is 11.3. The third-order valence-electron chi connectivity index (χ3n) is 1.64. The molecule has 2 aromatic heterocycles. The predicted molar refractivity (Wildman–Crippen MR) is 52.1 cm³/mol. The maximum Gasteiger partial charge on any atom is 0.261 e. The molecule has 62 valence electrons. The van der Waals surface area contributed by atoms with Gasteiger partial charge in [-0.1, -0.05) is 5.16 Å². The second-order valence-electron chi connectivity index (χ2n) is 2.44. The van der Waals surface area contributed by atoms with Crippen LogP contribution >= 0.6 is 22.6 Å². The number of nitrogens with zero attached hydrogens (tertiary/aromatic N) is 1. The van der Waals surface area contributed by atoms with Crippen molar-refractivity contribution in [3.8, 4) is 0 Å². The Morgan fingerprint density at radius 1 is 1.67 bits per heavy atom. The summed E-state index contributed by atoms with van der Waals surface area (Å²) in [5.41, 5.74) is 1.05. The molecular weight excluding hydrogens is 271 g/mol. The zero-order chi connectivity index (χ0) is 8.72. The third kappa shape index (κ3) is 0.961. The van der Waals surface area contributed by atoms with Crippen molar-refractivity contribution in [2.75, 3.05) is 0 Å². The highest BCUT2D eigenvalue weighted by Gasteiger charge is 2.10. The normalized spacial score (nSPS) is 10.8. The molecule has 2 heterocycles. The Labute approximate surface area is 81.1 Å². The molecule has 2 rings (SSSR count). The zero-order valence-corrected chi connectivity index (χ0v) is 8.38. The molecule has 0 saturated heterocycles. The van der Waals surface area contributed by atoms with Gasteiger partial charge < -0.3 is 9.51 Å². The second kappa shape index (κ2) is 2.58. The van der Waals surface area contributed by atoms with Crippen molar-refractivity contribution in [3.05, 3.63) is 25.8 Å². The lowest BCUT2D eigenvalue weighted by Crippen LogP contribution is -2.05. The van der Waals surface area contributed by atoms with E-state index >= 15 is 0 Å². The van der Waals surface area contributed by atoms with Crippen molar-refractivity contribution in [2.24, 2.45) is 0 Å². The zero-order valence-electron chi connectivity index (χ0n) is 6.22. The first-order valence-corrected chi connectivity index (χ1v) is 4.41. The minimum atomic E-state index is -0.149. The van der Waals surface area contributed by atoms with Gasteiger partial charge in [-0.05, 0) is 29.5 Å². The maximum atomic E-state index is 11.3. The molecule has 0 aliphatic carbocycles. The van der Waals surface area contributed by atoms with Crippen LogP contribution in [-0.4, -0.2) is 10.1 Å². The molecule has 0 unspecified atom stereocenters. The summed E-state index contributed by atoms with van der Waals surface area (Å²) in [5.74, 6) is 0. The number of aromatic nitrogens is 2. The first-order chi connectivity index (χ1) is 5.70. The number of hydrogen-bond donors (Lipinski definition) is 1. The lowest BCUT2D eigenvalue weighted by Gasteiger charge is -1.88. The van der Waals surface area contributed by atoms with Crippen molar-refractivity contribution in [1.29, 1.82) is 0 Å². The number of rotatable bonds is 0. The van der Waals surface area contributed by atoms with Gasteiger partial charge in [0.2, 0.25) is 0 Å². The molecule has 0 bridgehead atoms. The summed E-state index contributed by atoms with van der Waals surface area (Å²) >= 11 is 2.08. The van der Waals surface area contributed by atoms with Gasteiger partial charge in [0, 0.05) is 6.20 Å². The van der Waals surface area contributed by atoms with Crippen LogP contribution in [0.3, 0.4) is 0 Å². The summed E-state index contributed by atoms with van der Waals surface area (Å²) in [4.78, 5) is 13.9. The van der Waals surface area contributed by atoms with Crippen LogP contribution in [0.15, 0.2) is 15.5 Å². The van der Waals surface area contributed by atoms with E-state index in [0.717, 1.165) is 3.57 Å². The van der Waals surface area contributed by atoms with Crippen molar-refractivity contribution in [2.45, 2.75) is 6.92 Å². The molecule has 0 amide bonds. The van der Waals surface area contributed by atoms with E-state index in [1.165, 1.54) is 0 Å². The van der Waals surface area contributed by atoms with Crippen molar-refractivity contribution in [1.82, 2.24) is 10.1 Å². The van der Waals surface area contributed by atoms with Crippen LogP contribution in [0.5, 0.6) is 0 Å². The fraction of sp³-hybridized carbons (Fsp3) is 0.143. The molecule has 12 heavy (non-hydrogen) atoms. The average molecular weight is 276 g/mol. The van der Waals surface area contributed by atoms with Gasteiger partial charge in [0.15, 0.2) is 5.58 Å². The van der Waals surface area contributed by atoms with Crippen LogP contribution in [0.25, 0.3) is 11.0 Å². The van der Waals surface area contributed by atoms with Crippen LogP contribution in [0, 0.1) is 10.5 Å². The second-order valence-corrected chi connectivity index (χ2v) is 3.60. The highest BCUT2D eigenvalue weighted by molar-refractivity contribution is 14.1. The first kappa shape index (κ1) is 7.78. The number of fused-ring (bicyclic) bond motifs is 1. The van der Waals surface area contributed by atoms with E-state index in [9.17, 15) is 4.79 Å². The van der Waals surface area contributed by atoms with Gasteiger partial charge in [0.1, 0.15) is 5.39 Å². The van der Waals surface area contributed by atoms with Crippen LogP contribution in [0.1, 0.15) is 5.69 Å². The van der Waals surface area contributed by atoms with Crippen LogP contribution in [-0.2, 0) is 0 Å². The summed E-state index contributed by atoms with van der Waals surface area (Å²) in [5, 5.41) is 4.26. The van der Waals surface area contributed by atoms with E-state index in [4.69, 9.17) is 4.52 Å². The molecule has 0 fully saturated rings. The largest absolute Gasteiger partial charge is 0.355 e. The minimum absolute atomic E-state index is 0.149. The van der Waals surface area contributed by atoms with Crippen molar-refractivity contribution < 1.29 is 4.52 Å². The monoisotopic (exact) mass is 276 g/mol. The molecule has 0 saturated carbocycles. The standard InChI is InChI=1S/C7H5IN2O2/c1-3-5-6(12-10-3)4(8)2-9-7(5)11/h2H,1H3,(H,9,11). The molecule has 1 N–H and O–H groups in total. The van der Waals surface area contributed by atoms with Crippen molar-refractivity contribution >= 4 is 33.6 Å². The molecule has 0 atom stereocenters. The van der Waals surface area contributed by atoms with E-state index in [2.05, 4.69) is 32.7 Å². The van der Waals surface area contributed by atoms with E-state index in [1.807, 2.05) is 0 Å². The molecule has 0 aliphatic rings. The van der Waals surface area contributed by atoms with Crippen LogP contribution in [0.4, 0.5) is 0 Å². The Hall–Kier alpha value is -0.850. The Morgan fingerprint density at radius 2 is 2.42 bits per heavy atom. The first-order valence-electron chi connectivity index (χ1n) is 3.33. The molecule has 0 radical (unpaired) electrons. The Bertz CT molecular complexity index is 486. The molecular formula is C7H5IN2O2. The van der Waals surface area contributed by atoms with Gasteiger partial charge in [-0.25, -0.2) is 0 Å². The minimum Gasteiger partial charge on any atom is -0.355 e. The number of halogens is 1. The summed E-state index contributed by atoms with van der Waals surface area (Å²) in [6, 6.07) is 0. The summed E-state index contributed by atoms with van der Waals surface area (Å²) in [6.45, 7) is 1.75. The molecule has 5 heteroatoms. The molecule has 0 aromatic carbocycles. The van der Waals surface area contributed by atoms with Gasteiger partial charge in [0.05, 0.1) is 9.26 Å². The summed E-state index contributed by atoms with van der Waals surface area (Å²) < 4.78 is 5.85. The van der Waals surface area contributed by atoms with Gasteiger partial charge in [-0.15, -0.1) is 0 Å². The number of aromatic amines is 1. The Balaban J connectivity index is 3.09. The fourth-order valence-corrected chi connectivity index (χ4v) is 1.59. The number of nitrogens with one attached hydrogen (secondary N) is 1. The predicted octanol–water partition coefficient (Wildman–Crippen LogP) is 1.43. The number of aryl methyl sites for hydroxylation is 1. The third-order valence-corrected chi connectivity index (χ3v) is 2.44. The number of H-pyrrole nitrogens is 1. The quantitative estimate of drug-likeness (QED) is 0.740. The van der Waals surface area contributed by atoms with Gasteiger partial charge >= 0.3 is 0 Å². The van der Waals surface area contributed by atoms with E-state index < -0.39 is 0 Å². The van der Waals surface area contributed by atoms with Gasteiger partial charge in [-0.3, -0.25) is 4.79 Å². The van der Waals surface area contributed by atoms with Gasteiger partial charge in [-0.2, -0.15) is 0 Å². The average Bonchev–Trinajstić information content (AvgIpc) is 2.42. The molecule has 0 aliphatic heterocycles. The van der Waals surface area contributed by atoms with Crippen LogP contribution < -0.4 is 5.56 Å². The lowest BCUT2D eigenvalue weighted by atomic mass is 10.3. The molecule has 2 aromatic rings.